The van der Waals surface area contributed by atoms with Crippen molar-refractivity contribution in [3.8, 4) is 0 Å². The van der Waals surface area contributed by atoms with Crippen LogP contribution in [0.2, 0.25) is 0 Å². The van der Waals surface area contributed by atoms with E-state index in [-0.39, 0.29) is 0 Å². The smallest absolute Gasteiger partial charge is 0.0815 e. The predicted molar refractivity (Wildman–Crippen MR) is 66.7 cm³/mol. The summed E-state index contributed by atoms with van der Waals surface area (Å²) < 4.78 is 0. The van der Waals surface area contributed by atoms with E-state index in [2.05, 4.69) is 23.9 Å². The fourth-order valence-corrected chi connectivity index (χ4v) is 3.19. The van der Waals surface area contributed by atoms with Crippen molar-refractivity contribution in [1.29, 1.82) is 0 Å². The van der Waals surface area contributed by atoms with Crippen molar-refractivity contribution in [2.75, 3.05) is 27.2 Å². The van der Waals surface area contributed by atoms with E-state index in [1.807, 2.05) is 0 Å². The quantitative estimate of drug-likeness (QED) is 0.628. The second-order valence-electron chi connectivity index (χ2n) is 4.31. The second-order valence-corrected chi connectivity index (χ2v) is 5.15. The van der Waals surface area contributed by atoms with Crippen molar-refractivity contribution in [2.24, 2.45) is 11.8 Å². The largest absolute Gasteiger partial charge is 0.369 e. The van der Waals surface area contributed by atoms with Crippen LogP contribution in [0, 0.1) is 11.8 Å². The molecule has 2 saturated heterocycles. The summed E-state index contributed by atoms with van der Waals surface area (Å²) in [6.45, 7) is 2.21. The number of thiocarbonyl (C=S) groups is 2. The van der Waals surface area contributed by atoms with Gasteiger partial charge in [0.25, 0.3) is 0 Å². The van der Waals surface area contributed by atoms with Crippen LogP contribution in [0.25, 0.3) is 0 Å². The highest BCUT2D eigenvalue weighted by molar-refractivity contribution is 7.80. The van der Waals surface area contributed by atoms with E-state index in [4.69, 9.17) is 24.4 Å². The van der Waals surface area contributed by atoms with E-state index >= 15 is 0 Å². The molecule has 0 aromatic rings. The first-order chi connectivity index (χ1) is 6.61. The first-order valence-electron chi connectivity index (χ1n) is 5.11. The molecule has 2 heterocycles. The van der Waals surface area contributed by atoms with Gasteiger partial charge in [0.1, 0.15) is 0 Å². The van der Waals surface area contributed by atoms with Crippen LogP contribution in [0.5, 0.6) is 0 Å². The molecule has 0 aromatic heterocycles. The third-order valence-corrected chi connectivity index (χ3v) is 4.65. The highest BCUT2D eigenvalue weighted by Gasteiger charge is 2.38. The van der Waals surface area contributed by atoms with Crippen LogP contribution in [0.1, 0.15) is 12.8 Å². The zero-order valence-corrected chi connectivity index (χ0v) is 10.3. The molecule has 2 atom stereocenters. The van der Waals surface area contributed by atoms with Crippen molar-refractivity contribution in [1.82, 2.24) is 9.80 Å². The number of rotatable bonds is 1. The maximum absolute atomic E-state index is 5.44. The Hall–Kier alpha value is -0.220. The Morgan fingerprint density at radius 2 is 1.29 bits per heavy atom. The fraction of sp³-hybridized carbons (Fsp3) is 0.800. The zero-order valence-electron chi connectivity index (χ0n) is 8.69. The average molecular weight is 228 g/mol. The van der Waals surface area contributed by atoms with Crippen LogP contribution in [-0.4, -0.2) is 47.0 Å². The van der Waals surface area contributed by atoms with Gasteiger partial charge in [-0.05, 0) is 12.8 Å². The summed E-state index contributed by atoms with van der Waals surface area (Å²) in [6.07, 6.45) is 2.38. The fourth-order valence-electron chi connectivity index (χ4n) is 2.45. The van der Waals surface area contributed by atoms with Gasteiger partial charge in [-0.25, -0.2) is 0 Å². The molecule has 78 valence electrons. The minimum atomic E-state index is 0.535. The van der Waals surface area contributed by atoms with E-state index in [9.17, 15) is 0 Å². The summed E-state index contributed by atoms with van der Waals surface area (Å²) in [6, 6.07) is 0. The molecular formula is C10H16N2S2. The van der Waals surface area contributed by atoms with Crippen LogP contribution in [-0.2, 0) is 0 Å². The molecule has 0 aromatic carbocycles. The SMILES string of the molecule is CN1CC[C@H]([C@H]2CCN(C)C2=S)C1=S. The van der Waals surface area contributed by atoms with E-state index in [1.54, 1.807) is 0 Å². The van der Waals surface area contributed by atoms with Crippen LogP contribution in [0.4, 0.5) is 0 Å². The predicted octanol–water partition coefficient (Wildman–Crippen LogP) is 1.54. The molecule has 0 radical (unpaired) electrons. The summed E-state index contributed by atoms with van der Waals surface area (Å²) in [4.78, 5) is 6.63. The van der Waals surface area contributed by atoms with Crippen molar-refractivity contribution in [2.45, 2.75) is 12.8 Å². The molecule has 0 saturated carbocycles. The summed E-state index contributed by atoms with van der Waals surface area (Å²) >= 11 is 10.9. The molecule has 0 unspecified atom stereocenters. The molecule has 0 bridgehead atoms. The average Bonchev–Trinajstić information content (AvgIpc) is 2.63. The van der Waals surface area contributed by atoms with Gasteiger partial charge >= 0.3 is 0 Å². The minimum Gasteiger partial charge on any atom is -0.369 e. The normalized spacial score (nSPS) is 33.3. The van der Waals surface area contributed by atoms with E-state index < -0.39 is 0 Å². The molecule has 0 spiro atoms. The van der Waals surface area contributed by atoms with Crippen LogP contribution < -0.4 is 0 Å². The highest BCUT2D eigenvalue weighted by Crippen LogP contribution is 2.33. The maximum Gasteiger partial charge on any atom is 0.0815 e. The monoisotopic (exact) mass is 228 g/mol. The molecule has 0 N–H and O–H groups in total. The zero-order chi connectivity index (χ0) is 10.3. The lowest BCUT2D eigenvalue weighted by Crippen LogP contribution is -2.29. The number of hydrogen-bond acceptors (Lipinski definition) is 2. The van der Waals surface area contributed by atoms with E-state index in [0.29, 0.717) is 11.8 Å². The van der Waals surface area contributed by atoms with Gasteiger partial charge in [0, 0.05) is 39.0 Å². The van der Waals surface area contributed by atoms with Gasteiger partial charge in [-0.3, -0.25) is 0 Å². The lowest BCUT2D eigenvalue weighted by atomic mass is 9.91. The summed E-state index contributed by atoms with van der Waals surface area (Å²) in [5.74, 6) is 1.07. The Kier molecular flexibility index (Phi) is 2.75. The van der Waals surface area contributed by atoms with Gasteiger partial charge in [-0.1, -0.05) is 24.4 Å². The van der Waals surface area contributed by atoms with Gasteiger partial charge < -0.3 is 9.80 Å². The summed E-state index contributed by atoms with van der Waals surface area (Å²) in [5, 5.41) is 0. The van der Waals surface area contributed by atoms with Gasteiger partial charge in [0.05, 0.1) is 9.98 Å². The van der Waals surface area contributed by atoms with Crippen molar-refractivity contribution in [3.05, 3.63) is 0 Å². The lowest BCUT2D eigenvalue weighted by Gasteiger charge is -2.20. The van der Waals surface area contributed by atoms with Crippen LogP contribution >= 0.6 is 24.4 Å². The number of likely N-dealkylation sites (tertiary alicyclic amines) is 2. The Morgan fingerprint density at radius 3 is 1.50 bits per heavy atom. The standard InChI is InChI=1S/C10H16N2S2/c1-11-5-3-7(9(11)13)8-4-6-12(2)10(8)14/h7-8H,3-6H2,1-2H3/t7-,8-/m1/s1. The van der Waals surface area contributed by atoms with Crippen LogP contribution in [0.15, 0.2) is 0 Å². The topological polar surface area (TPSA) is 6.48 Å². The molecule has 2 nitrogen and oxygen atoms in total. The molecule has 2 rings (SSSR count). The molecule has 2 aliphatic rings. The number of hydrogen-bond donors (Lipinski definition) is 0. The van der Waals surface area contributed by atoms with Gasteiger partial charge in [-0.2, -0.15) is 0 Å². The molecule has 14 heavy (non-hydrogen) atoms. The summed E-state index contributed by atoms with van der Waals surface area (Å²) in [7, 11) is 4.17. The first kappa shape index (κ1) is 10.3. The first-order valence-corrected chi connectivity index (χ1v) is 5.93. The minimum absolute atomic E-state index is 0.535. The van der Waals surface area contributed by atoms with Gasteiger partial charge in [0.15, 0.2) is 0 Å². The third-order valence-electron chi connectivity index (χ3n) is 3.42. The van der Waals surface area contributed by atoms with Crippen molar-refractivity contribution >= 4 is 34.4 Å². The van der Waals surface area contributed by atoms with E-state index in [0.717, 1.165) is 23.1 Å². The Labute approximate surface area is 96.2 Å². The third kappa shape index (κ3) is 1.54. The molecule has 4 heteroatoms. The molecule has 2 fully saturated rings. The van der Waals surface area contributed by atoms with Gasteiger partial charge in [0.2, 0.25) is 0 Å². The van der Waals surface area contributed by atoms with Crippen molar-refractivity contribution in [3.63, 3.8) is 0 Å². The summed E-state index contributed by atoms with van der Waals surface area (Å²) in [5.41, 5.74) is 0. The molecule has 0 aliphatic carbocycles. The Morgan fingerprint density at radius 1 is 0.929 bits per heavy atom. The lowest BCUT2D eigenvalue weighted by molar-refractivity contribution is 0.512. The van der Waals surface area contributed by atoms with Crippen molar-refractivity contribution < 1.29 is 0 Å². The molecular weight excluding hydrogens is 212 g/mol. The Bertz CT molecular complexity index is 249. The second kappa shape index (κ2) is 3.74. The van der Waals surface area contributed by atoms with E-state index in [1.165, 1.54) is 12.8 Å². The molecule has 2 aliphatic heterocycles. The Balaban J connectivity index is 2.10. The van der Waals surface area contributed by atoms with Gasteiger partial charge in [-0.15, -0.1) is 0 Å². The van der Waals surface area contributed by atoms with Crippen LogP contribution in [0.3, 0.4) is 0 Å². The maximum atomic E-state index is 5.44. The number of nitrogens with zero attached hydrogens (tertiary/aromatic N) is 2. The molecule has 0 amide bonds. The highest BCUT2D eigenvalue weighted by atomic mass is 32.1.